The Hall–Kier alpha value is -1.18. The Labute approximate surface area is 90.4 Å². The average molecular weight is 200 g/mol. The maximum absolute atomic E-state index is 4.43. The molecule has 0 spiro atoms. The first-order valence-corrected chi connectivity index (χ1v) is 5.71. The second kappa shape index (κ2) is 3.16. The van der Waals surface area contributed by atoms with Crippen LogP contribution < -0.4 is 0 Å². The molecule has 2 heteroatoms. The van der Waals surface area contributed by atoms with Crippen LogP contribution in [0.2, 0.25) is 0 Å². The van der Waals surface area contributed by atoms with E-state index in [9.17, 15) is 0 Å². The van der Waals surface area contributed by atoms with E-state index in [4.69, 9.17) is 0 Å². The number of nitrogens with zero attached hydrogens (tertiary/aromatic N) is 2. The van der Waals surface area contributed by atoms with Gasteiger partial charge in [0.2, 0.25) is 0 Å². The lowest BCUT2D eigenvalue weighted by Gasteiger charge is -2.17. The van der Waals surface area contributed by atoms with Crippen molar-refractivity contribution in [1.82, 2.24) is 0 Å². The van der Waals surface area contributed by atoms with Gasteiger partial charge in [0.25, 0.3) is 0 Å². The molecule has 1 heterocycles. The van der Waals surface area contributed by atoms with E-state index >= 15 is 0 Å². The Morgan fingerprint density at radius 1 is 1.27 bits per heavy atom. The summed E-state index contributed by atoms with van der Waals surface area (Å²) in [6.07, 6.45) is 2.43. The lowest BCUT2D eigenvalue weighted by atomic mass is 9.91. The van der Waals surface area contributed by atoms with Crippen LogP contribution in [0.25, 0.3) is 0 Å². The molecular formula is C13H16N2. The van der Waals surface area contributed by atoms with Crippen molar-refractivity contribution >= 4 is 0 Å². The first-order chi connectivity index (χ1) is 7.28. The Morgan fingerprint density at radius 3 is 2.80 bits per heavy atom. The minimum absolute atomic E-state index is 0.139. The Kier molecular flexibility index (Phi) is 1.91. The van der Waals surface area contributed by atoms with Crippen molar-refractivity contribution in [1.29, 1.82) is 0 Å². The normalized spacial score (nSPS) is 38.2. The second-order valence-corrected chi connectivity index (χ2v) is 5.03. The summed E-state index contributed by atoms with van der Waals surface area (Å²) in [7, 11) is 0. The monoisotopic (exact) mass is 200 g/mol. The topological polar surface area (TPSA) is 24.7 Å². The maximum atomic E-state index is 4.43. The van der Waals surface area contributed by atoms with E-state index in [1.54, 1.807) is 0 Å². The van der Waals surface area contributed by atoms with Crippen LogP contribution in [-0.2, 0) is 0 Å². The molecule has 3 atom stereocenters. The number of rotatable bonds is 1. The molecule has 1 aliphatic heterocycles. The number of fused-ring (bicyclic) bond motifs is 1. The third-order valence-corrected chi connectivity index (χ3v) is 3.98. The van der Waals surface area contributed by atoms with Gasteiger partial charge in [-0.2, -0.15) is 10.2 Å². The summed E-state index contributed by atoms with van der Waals surface area (Å²) in [5.74, 6) is 1.38. The van der Waals surface area contributed by atoms with Crippen molar-refractivity contribution in [2.24, 2.45) is 16.1 Å². The zero-order valence-corrected chi connectivity index (χ0v) is 9.06. The summed E-state index contributed by atoms with van der Waals surface area (Å²) in [6, 6.07) is 10.8. The van der Waals surface area contributed by atoms with Crippen LogP contribution >= 0.6 is 0 Å². The van der Waals surface area contributed by atoms with Crippen molar-refractivity contribution < 1.29 is 0 Å². The van der Waals surface area contributed by atoms with E-state index in [1.165, 1.54) is 18.4 Å². The van der Waals surface area contributed by atoms with Crippen LogP contribution in [0.3, 0.4) is 0 Å². The Morgan fingerprint density at radius 2 is 2.07 bits per heavy atom. The molecule has 0 aromatic heterocycles. The van der Waals surface area contributed by atoms with E-state index in [-0.39, 0.29) is 5.54 Å². The van der Waals surface area contributed by atoms with Gasteiger partial charge in [0, 0.05) is 5.92 Å². The highest BCUT2D eigenvalue weighted by Gasteiger charge is 2.47. The van der Waals surface area contributed by atoms with Crippen LogP contribution in [0.1, 0.15) is 31.2 Å². The fraction of sp³-hybridized carbons (Fsp3) is 0.538. The molecule has 3 rings (SSSR count). The van der Waals surface area contributed by atoms with Crippen LogP contribution in [0.4, 0.5) is 0 Å². The predicted molar refractivity (Wildman–Crippen MR) is 60.0 cm³/mol. The molecule has 0 radical (unpaired) electrons. The summed E-state index contributed by atoms with van der Waals surface area (Å²) < 4.78 is 0. The van der Waals surface area contributed by atoms with E-state index in [1.807, 2.05) is 0 Å². The molecule has 1 aromatic carbocycles. The van der Waals surface area contributed by atoms with Gasteiger partial charge in [0.05, 0.1) is 12.1 Å². The Balaban J connectivity index is 1.85. The average Bonchev–Trinajstić information content (AvgIpc) is 2.74. The van der Waals surface area contributed by atoms with E-state index in [2.05, 4.69) is 47.5 Å². The smallest absolute Gasteiger partial charge is 0.0840 e. The second-order valence-electron chi connectivity index (χ2n) is 5.03. The summed E-state index contributed by atoms with van der Waals surface area (Å²) >= 11 is 0. The van der Waals surface area contributed by atoms with Crippen molar-refractivity contribution in [2.75, 3.05) is 6.54 Å². The molecule has 0 bridgehead atoms. The largest absolute Gasteiger partial charge is 0.193 e. The molecule has 1 aliphatic carbocycles. The SMILES string of the molecule is C[C@@]12C[C@H](c3ccccc3)CC1CN=N2. The van der Waals surface area contributed by atoms with Crippen molar-refractivity contribution in [3.8, 4) is 0 Å². The van der Waals surface area contributed by atoms with Crippen molar-refractivity contribution in [3.05, 3.63) is 35.9 Å². The molecule has 0 amide bonds. The third kappa shape index (κ3) is 1.39. The highest BCUT2D eigenvalue weighted by Crippen LogP contribution is 2.49. The number of hydrogen-bond donors (Lipinski definition) is 0. The van der Waals surface area contributed by atoms with Gasteiger partial charge in [-0.15, -0.1) is 0 Å². The van der Waals surface area contributed by atoms with Crippen LogP contribution in [0, 0.1) is 5.92 Å². The van der Waals surface area contributed by atoms with Crippen LogP contribution in [0.15, 0.2) is 40.6 Å². The zero-order chi connectivity index (χ0) is 10.3. The standard InChI is InChI=1S/C13H16N2/c1-13-8-11(7-12(13)9-14-15-13)10-5-3-2-4-6-10/h2-6,11-12H,7-9H2,1H3/t11-,12?,13-/m1/s1. The van der Waals surface area contributed by atoms with Gasteiger partial charge in [-0.1, -0.05) is 30.3 Å². The molecule has 0 saturated heterocycles. The lowest BCUT2D eigenvalue weighted by molar-refractivity contribution is 0.401. The minimum atomic E-state index is 0.139. The number of hydrogen-bond acceptors (Lipinski definition) is 2. The van der Waals surface area contributed by atoms with E-state index in [0.29, 0.717) is 11.8 Å². The van der Waals surface area contributed by atoms with Gasteiger partial charge >= 0.3 is 0 Å². The van der Waals surface area contributed by atoms with Crippen LogP contribution in [0.5, 0.6) is 0 Å². The van der Waals surface area contributed by atoms with Crippen LogP contribution in [-0.4, -0.2) is 12.1 Å². The van der Waals surface area contributed by atoms with Crippen molar-refractivity contribution in [3.63, 3.8) is 0 Å². The van der Waals surface area contributed by atoms with Gasteiger partial charge in [0.15, 0.2) is 0 Å². The first kappa shape index (κ1) is 9.08. The molecule has 1 fully saturated rings. The predicted octanol–water partition coefficient (Wildman–Crippen LogP) is 3.40. The minimum Gasteiger partial charge on any atom is -0.193 e. The molecular weight excluding hydrogens is 184 g/mol. The van der Waals surface area contributed by atoms with Gasteiger partial charge in [-0.25, -0.2) is 0 Å². The number of benzene rings is 1. The quantitative estimate of drug-likeness (QED) is 0.663. The van der Waals surface area contributed by atoms with Gasteiger partial charge < -0.3 is 0 Å². The Bertz CT molecular complexity index is 385. The molecule has 78 valence electrons. The highest BCUT2D eigenvalue weighted by molar-refractivity contribution is 5.23. The molecule has 2 aliphatic rings. The summed E-state index contributed by atoms with van der Waals surface area (Å²) in [5.41, 5.74) is 1.61. The van der Waals surface area contributed by atoms with E-state index < -0.39 is 0 Å². The van der Waals surface area contributed by atoms with Crippen molar-refractivity contribution in [2.45, 2.75) is 31.2 Å². The molecule has 0 N–H and O–H groups in total. The highest BCUT2D eigenvalue weighted by atomic mass is 15.2. The molecule has 15 heavy (non-hydrogen) atoms. The fourth-order valence-corrected chi connectivity index (χ4v) is 3.02. The maximum Gasteiger partial charge on any atom is 0.0840 e. The summed E-state index contributed by atoms with van der Waals surface area (Å²) in [5, 5.41) is 8.62. The fourth-order valence-electron chi connectivity index (χ4n) is 3.02. The zero-order valence-electron chi connectivity index (χ0n) is 9.06. The molecule has 2 nitrogen and oxygen atoms in total. The van der Waals surface area contributed by atoms with E-state index in [0.717, 1.165) is 6.54 Å². The summed E-state index contributed by atoms with van der Waals surface area (Å²) in [6.45, 7) is 3.21. The van der Waals surface area contributed by atoms with Gasteiger partial charge in [-0.05, 0) is 31.2 Å². The van der Waals surface area contributed by atoms with Gasteiger partial charge in [-0.3, -0.25) is 0 Å². The molecule has 1 saturated carbocycles. The number of azo groups is 1. The molecule has 1 aromatic rings. The summed E-state index contributed by atoms with van der Waals surface area (Å²) in [4.78, 5) is 0. The first-order valence-electron chi connectivity index (χ1n) is 5.71. The molecule has 1 unspecified atom stereocenters. The lowest BCUT2D eigenvalue weighted by Crippen LogP contribution is -2.23. The third-order valence-electron chi connectivity index (χ3n) is 3.98. The van der Waals surface area contributed by atoms with Gasteiger partial charge in [0.1, 0.15) is 0 Å².